The Kier molecular flexibility index (Phi) is 4.24. The van der Waals surface area contributed by atoms with E-state index in [1.807, 2.05) is 6.07 Å². The Labute approximate surface area is 120 Å². The Balaban J connectivity index is 2.06. The van der Waals surface area contributed by atoms with Crippen LogP contribution in [0.5, 0.6) is 0 Å². The second-order valence-corrected chi connectivity index (χ2v) is 5.36. The van der Waals surface area contributed by atoms with Crippen LogP contribution < -0.4 is 5.32 Å². The topological polar surface area (TPSA) is 52.9 Å². The highest BCUT2D eigenvalue weighted by molar-refractivity contribution is 6.31. The van der Waals surface area contributed by atoms with Crippen molar-refractivity contribution in [3.63, 3.8) is 0 Å². The first-order chi connectivity index (χ1) is 9.41. The van der Waals surface area contributed by atoms with Crippen LogP contribution in [-0.4, -0.2) is 11.8 Å². The van der Waals surface area contributed by atoms with Gasteiger partial charge in [0.25, 0.3) is 0 Å². The van der Waals surface area contributed by atoms with E-state index in [0.29, 0.717) is 16.3 Å². The predicted molar refractivity (Wildman–Crippen MR) is 71.7 cm³/mol. The number of nitriles is 1. The number of anilines is 1. The normalized spacial score (nSPS) is 18.3. The van der Waals surface area contributed by atoms with Gasteiger partial charge in [-0.25, -0.2) is 8.78 Å². The molecule has 1 saturated carbocycles. The minimum absolute atomic E-state index is 0.154. The highest BCUT2D eigenvalue weighted by Gasteiger charge is 2.37. The fourth-order valence-corrected chi connectivity index (χ4v) is 2.43. The van der Waals surface area contributed by atoms with E-state index in [-0.39, 0.29) is 31.6 Å². The molecule has 3 nitrogen and oxygen atoms in total. The molecule has 0 saturated heterocycles. The van der Waals surface area contributed by atoms with Gasteiger partial charge >= 0.3 is 0 Å². The SMILES string of the molecule is N#Cc1ccc(Cl)cc1NC(=O)C1CCC(F)(F)CC1. The zero-order valence-electron chi connectivity index (χ0n) is 10.6. The van der Waals surface area contributed by atoms with Crippen molar-refractivity contribution >= 4 is 23.2 Å². The lowest BCUT2D eigenvalue weighted by atomic mass is 9.86. The first-order valence-electron chi connectivity index (χ1n) is 6.29. The molecule has 0 heterocycles. The molecule has 6 heteroatoms. The molecule has 1 fully saturated rings. The summed E-state index contributed by atoms with van der Waals surface area (Å²) >= 11 is 5.82. The van der Waals surface area contributed by atoms with E-state index in [0.717, 1.165) is 0 Å². The molecule has 0 unspecified atom stereocenters. The summed E-state index contributed by atoms with van der Waals surface area (Å²) in [6.07, 6.45) is -0.236. The second-order valence-electron chi connectivity index (χ2n) is 4.92. The highest BCUT2D eigenvalue weighted by atomic mass is 35.5. The van der Waals surface area contributed by atoms with Gasteiger partial charge in [0.15, 0.2) is 0 Å². The molecular weight excluding hydrogens is 286 g/mol. The molecule has 0 spiro atoms. The minimum Gasteiger partial charge on any atom is -0.325 e. The maximum Gasteiger partial charge on any atom is 0.248 e. The summed E-state index contributed by atoms with van der Waals surface area (Å²) in [6.45, 7) is 0. The Morgan fingerprint density at radius 3 is 2.65 bits per heavy atom. The maximum atomic E-state index is 13.0. The van der Waals surface area contributed by atoms with Crippen LogP contribution in [0, 0.1) is 17.2 Å². The molecule has 1 aromatic rings. The third-order valence-electron chi connectivity index (χ3n) is 3.45. The van der Waals surface area contributed by atoms with Crippen molar-refractivity contribution in [1.29, 1.82) is 5.26 Å². The first kappa shape index (κ1) is 14.7. The van der Waals surface area contributed by atoms with Crippen LogP contribution in [0.4, 0.5) is 14.5 Å². The van der Waals surface area contributed by atoms with Gasteiger partial charge in [0.2, 0.25) is 11.8 Å². The molecule has 1 aliphatic rings. The fourth-order valence-electron chi connectivity index (χ4n) is 2.25. The number of carbonyl (C=O) groups is 1. The maximum absolute atomic E-state index is 13.0. The number of halogens is 3. The summed E-state index contributed by atoms with van der Waals surface area (Å²) in [7, 11) is 0. The zero-order valence-corrected chi connectivity index (χ0v) is 11.4. The van der Waals surface area contributed by atoms with Gasteiger partial charge in [-0.05, 0) is 31.0 Å². The summed E-state index contributed by atoms with van der Waals surface area (Å²) in [6, 6.07) is 6.49. The molecule has 0 radical (unpaired) electrons. The van der Waals surface area contributed by atoms with Crippen molar-refractivity contribution in [3.8, 4) is 6.07 Å². The van der Waals surface area contributed by atoms with E-state index in [9.17, 15) is 13.6 Å². The number of benzene rings is 1. The molecular formula is C14H13ClF2N2O. The third kappa shape index (κ3) is 3.45. The summed E-state index contributed by atoms with van der Waals surface area (Å²) in [4.78, 5) is 12.0. The van der Waals surface area contributed by atoms with E-state index in [1.54, 1.807) is 6.07 Å². The number of nitrogens with zero attached hydrogens (tertiary/aromatic N) is 1. The van der Waals surface area contributed by atoms with Crippen LogP contribution in [-0.2, 0) is 4.79 Å². The lowest BCUT2D eigenvalue weighted by molar-refractivity contribution is -0.124. The first-order valence-corrected chi connectivity index (χ1v) is 6.67. The van der Waals surface area contributed by atoms with Gasteiger partial charge in [-0.15, -0.1) is 0 Å². The largest absolute Gasteiger partial charge is 0.325 e. The molecule has 0 atom stereocenters. The molecule has 0 aliphatic heterocycles. The number of nitrogens with one attached hydrogen (secondary N) is 1. The van der Waals surface area contributed by atoms with Crippen molar-refractivity contribution in [3.05, 3.63) is 28.8 Å². The lowest BCUT2D eigenvalue weighted by Crippen LogP contribution is -2.32. The van der Waals surface area contributed by atoms with Crippen molar-refractivity contribution < 1.29 is 13.6 Å². The summed E-state index contributed by atoms with van der Waals surface area (Å²) < 4.78 is 26.1. The van der Waals surface area contributed by atoms with E-state index >= 15 is 0 Å². The predicted octanol–water partition coefficient (Wildman–Crippen LogP) is 3.98. The zero-order chi connectivity index (χ0) is 14.8. The van der Waals surface area contributed by atoms with Crippen molar-refractivity contribution in [1.82, 2.24) is 0 Å². The fraction of sp³-hybridized carbons (Fsp3) is 0.429. The lowest BCUT2D eigenvalue weighted by Gasteiger charge is -2.27. The number of rotatable bonds is 2. The smallest absolute Gasteiger partial charge is 0.248 e. The quantitative estimate of drug-likeness (QED) is 0.898. The average molecular weight is 299 g/mol. The van der Waals surface area contributed by atoms with E-state index < -0.39 is 11.8 Å². The number of amides is 1. The van der Waals surface area contributed by atoms with Crippen LogP contribution in [0.3, 0.4) is 0 Å². The molecule has 1 aliphatic carbocycles. The Morgan fingerprint density at radius 1 is 1.40 bits per heavy atom. The van der Waals surface area contributed by atoms with Crippen molar-refractivity contribution in [2.24, 2.45) is 5.92 Å². The number of alkyl halides is 2. The Hall–Kier alpha value is -1.67. The van der Waals surface area contributed by atoms with Gasteiger partial charge in [-0.2, -0.15) is 5.26 Å². The van der Waals surface area contributed by atoms with Crippen molar-refractivity contribution in [2.75, 3.05) is 5.32 Å². The van der Waals surface area contributed by atoms with Crippen LogP contribution in [0.25, 0.3) is 0 Å². The third-order valence-corrected chi connectivity index (χ3v) is 3.68. The molecule has 1 N–H and O–H groups in total. The van der Waals surface area contributed by atoms with Crippen LogP contribution in [0.15, 0.2) is 18.2 Å². The molecule has 0 aromatic heterocycles. The van der Waals surface area contributed by atoms with Gasteiger partial charge in [-0.3, -0.25) is 4.79 Å². The molecule has 2 rings (SSSR count). The molecule has 1 aromatic carbocycles. The average Bonchev–Trinajstić information content (AvgIpc) is 2.38. The molecule has 1 amide bonds. The van der Waals surface area contributed by atoms with E-state index in [1.165, 1.54) is 12.1 Å². The summed E-state index contributed by atoms with van der Waals surface area (Å²) in [5, 5.41) is 12.0. The number of hydrogen-bond donors (Lipinski definition) is 1. The summed E-state index contributed by atoms with van der Waals surface area (Å²) in [5.74, 6) is -3.44. The Morgan fingerprint density at radius 2 is 2.05 bits per heavy atom. The number of carbonyl (C=O) groups excluding carboxylic acids is 1. The second kappa shape index (κ2) is 5.76. The molecule has 0 bridgehead atoms. The standard InChI is InChI=1S/C14H13ClF2N2O/c15-11-2-1-10(8-18)12(7-11)19-13(20)9-3-5-14(16,17)6-4-9/h1-2,7,9H,3-6H2,(H,19,20). The molecule has 20 heavy (non-hydrogen) atoms. The summed E-state index contributed by atoms with van der Waals surface area (Å²) in [5.41, 5.74) is 0.617. The Bertz CT molecular complexity index is 559. The van der Waals surface area contributed by atoms with Crippen molar-refractivity contribution in [2.45, 2.75) is 31.6 Å². The monoisotopic (exact) mass is 298 g/mol. The van der Waals surface area contributed by atoms with Gasteiger partial charge in [0, 0.05) is 23.8 Å². The van der Waals surface area contributed by atoms with E-state index in [4.69, 9.17) is 16.9 Å². The van der Waals surface area contributed by atoms with Gasteiger partial charge in [0.05, 0.1) is 11.3 Å². The van der Waals surface area contributed by atoms with Gasteiger partial charge in [0.1, 0.15) is 6.07 Å². The van der Waals surface area contributed by atoms with Crippen LogP contribution >= 0.6 is 11.6 Å². The van der Waals surface area contributed by atoms with Crippen LogP contribution in [0.1, 0.15) is 31.2 Å². The van der Waals surface area contributed by atoms with Crippen LogP contribution in [0.2, 0.25) is 5.02 Å². The number of hydrogen-bond acceptors (Lipinski definition) is 2. The van der Waals surface area contributed by atoms with Gasteiger partial charge < -0.3 is 5.32 Å². The van der Waals surface area contributed by atoms with E-state index in [2.05, 4.69) is 5.32 Å². The minimum atomic E-state index is -2.66. The van der Waals surface area contributed by atoms with Gasteiger partial charge in [-0.1, -0.05) is 11.6 Å². The highest BCUT2D eigenvalue weighted by Crippen LogP contribution is 2.36. The molecule has 106 valence electrons.